The number of benzene rings is 2. The molecule has 0 spiro atoms. The van der Waals surface area contributed by atoms with Gasteiger partial charge in [-0.25, -0.2) is 50.2 Å². The van der Waals surface area contributed by atoms with Crippen LogP contribution in [0.5, 0.6) is 0 Å². The van der Waals surface area contributed by atoms with Gasteiger partial charge in [-0.15, -0.1) is 0 Å². The fraction of sp³-hybridized carbons (Fsp3) is 0.192. The first-order valence-electron chi connectivity index (χ1n) is 13.0. The van der Waals surface area contributed by atoms with Crippen molar-refractivity contribution in [2.24, 2.45) is 0 Å². The molecule has 250 valence electrons. The predicted molar refractivity (Wildman–Crippen MR) is 180 cm³/mol. The summed E-state index contributed by atoms with van der Waals surface area (Å²) in [6.07, 6.45) is 0. The van der Waals surface area contributed by atoms with Crippen LogP contribution in [0.3, 0.4) is 0 Å². The number of aryl methyl sites for hydroxylation is 2. The summed E-state index contributed by atoms with van der Waals surface area (Å²) >= 11 is 8.10. The van der Waals surface area contributed by atoms with Crippen molar-refractivity contribution in [3.63, 3.8) is 0 Å². The monoisotopic (exact) mass is 850 g/mol. The number of urea groups is 2. The van der Waals surface area contributed by atoms with Crippen molar-refractivity contribution in [2.75, 3.05) is 23.8 Å². The van der Waals surface area contributed by atoms with Crippen molar-refractivity contribution in [1.29, 1.82) is 0 Å². The quantitative estimate of drug-likeness (QED) is 0.150. The van der Waals surface area contributed by atoms with Gasteiger partial charge in [0.1, 0.15) is 10.4 Å². The number of carbonyl (C=O) groups is 3. The lowest BCUT2D eigenvalue weighted by molar-refractivity contribution is 0.0488. The number of sulfonamides is 2. The Labute approximate surface area is 293 Å². The maximum atomic E-state index is 13.5. The molecule has 15 nitrogen and oxygen atoms in total. The zero-order chi connectivity index (χ0) is 34.5. The third-order valence-electron chi connectivity index (χ3n) is 5.87. The van der Waals surface area contributed by atoms with Crippen molar-refractivity contribution >= 4 is 103 Å². The summed E-state index contributed by atoms with van der Waals surface area (Å²) in [5, 5.41) is 13.9. The van der Waals surface area contributed by atoms with Gasteiger partial charge >= 0.3 is 18.0 Å². The molecular formula is C26H24Br2N6O9S4. The predicted octanol–water partition coefficient (Wildman–Crippen LogP) is 4.82. The Morgan fingerprint density at radius 1 is 0.894 bits per heavy atom. The Morgan fingerprint density at radius 2 is 1.49 bits per heavy atom. The van der Waals surface area contributed by atoms with Gasteiger partial charge in [-0.3, -0.25) is 10.6 Å². The second-order valence-electron chi connectivity index (χ2n) is 9.37. The fourth-order valence-electron chi connectivity index (χ4n) is 3.73. The maximum Gasteiger partial charge on any atom is 0.359 e. The number of thiazole rings is 2. The number of carbonyl (C=O) groups excluding carboxylic acids is 3. The molecule has 0 saturated carbocycles. The van der Waals surface area contributed by atoms with Gasteiger partial charge in [-0.05, 0) is 81.1 Å². The van der Waals surface area contributed by atoms with Crippen LogP contribution >= 0.6 is 54.5 Å². The van der Waals surface area contributed by atoms with Crippen LogP contribution < -0.4 is 15.4 Å². The second-order valence-corrected chi connectivity index (χ2v) is 17.6. The van der Waals surface area contributed by atoms with E-state index in [1.807, 2.05) is 4.72 Å². The second kappa shape index (κ2) is 15.2. The third-order valence-corrected chi connectivity index (χ3v) is 12.3. The highest BCUT2D eigenvalue weighted by molar-refractivity contribution is 9.11. The maximum absolute atomic E-state index is 13.5. The molecule has 4 amide bonds. The molecule has 0 bridgehead atoms. The van der Waals surface area contributed by atoms with E-state index >= 15 is 0 Å². The summed E-state index contributed by atoms with van der Waals surface area (Å²) in [5.74, 6) is -1.03. The van der Waals surface area contributed by atoms with Gasteiger partial charge in [0.15, 0.2) is 16.0 Å². The van der Waals surface area contributed by atoms with E-state index in [-0.39, 0.29) is 35.2 Å². The molecule has 0 atom stereocenters. The van der Waals surface area contributed by atoms with E-state index < -0.39 is 57.8 Å². The Hall–Kier alpha value is -3.47. The molecule has 47 heavy (non-hydrogen) atoms. The number of esters is 1. The molecule has 0 aliphatic rings. The van der Waals surface area contributed by atoms with Gasteiger partial charge < -0.3 is 9.84 Å². The molecule has 2 heterocycles. The lowest BCUT2D eigenvalue weighted by atomic mass is 10.2. The molecule has 21 heteroatoms. The molecule has 0 aliphatic carbocycles. The van der Waals surface area contributed by atoms with E-state index in [1.54, 1.807) is 26.0 Å². The molecule has 0 fully saturated rings. The Bertz CT molecular complexity index is 2050. The van der Waals surface area contributed by atoms with E-state index in [0.29, 0.717) is 19.2 Å². The van der Waals surface area contributed by atoms with Crippen molar-refractivity contribution in [1.82, 2.24) is 19.0 Å². The van der Waals surface area contributed by atoms with E-state index in [4.69, 9.17) is 4.74 Å². The number of hydrogen-bond donors (Lipinski definition) is 4. The van der Waals surface area contributed by atoms with Crippen LogP contribution in [-0.2, 0) is 31.4 Å². The SMILES string of the molecule is Cc1cccc(S(=O)(=O)NC(=O)Nc2nc(C(=O)OCCN(C(=O)Nc3nc(CO)c(Br)s3)S(=O)(=O)c3cccc(C)c3)c(Br)s2)c1. The minimum absolute atomic E-state index is 0.00881. The van der Waals surface area contributed by atoms with Crippen molar-refractivity contribution in [3.8, 4) is 0 Å². The summed E-state index contributed by atoms with van der Waals surface area (Å²) in [5.41, 5.74) is 1.23. The largest absolute Gasteiger partial charge is 0.459 e. The fourth-order valence-corrected chi connectivity index (χ4v) is 8.91. The highest BCUT2D eigenvalue weighted by Gasteiger charge is 2.31. The number of nitrogens with zero attached hydrogens (tertiary/aromatic N) is 3. The lowest BCUT2D eigenvalue weighted by Gasteiger charge is -2.22. The molecule has 2 aromatic heterocycles. The van der Waals surface area contributed by atoms with Crippen molar-refractivity contribution in [3.05, 3.63) is 78.6 Å². The molecule has 0 radical (unpaired) electrons. The Balaban J connectivity index is 1.45. The minimum atomic E-state index is -4.45. The molecule has 4 rings (SSSR count). The van der Waals surface area contributed by atoms with Gasteiger partial charge in [0.2, 0.25) is 0 Å². The zero-order valence-corrected chi connectivity index (χ0v) is 30.6. The summed E-state index contributed by atoms with van der Waals surface area (Å²) in [4.78, 5) is 46.2. The van der Waals surface area contributed by atoms with Crippen LogP contribution in [0.2, 0.25) is 0 Å². The smallest absolute Gasteiger partial charge is 0.359 e. The number of halogens is 2. The summed E-state index contributed by atoms with van der Waals surface area (Å²) < 4.78 is 60.2. The van der Waals surface area contributed by atoms with E-state index in [1.165, 1.54) is 36.4 Å². The number of anilines is 2. The zero-order valence-electron chi connectivity index (χ0n) is 24.2. The van der Waals surface area contributed by atoms with E-state index in [9.17, 15) is 36.3 Å². The Kier molecular flexibility index (Phi) is 11.7. The average molecular weight is 853 g/mol. The topological polar surface area (TPSA) is 214 Å². The van der Waals surface area contributed by atoms with E-state index in [0.717, 1.165) is 22.7 Å². The summed E-state index contributed by atoms with van der Waals surface area (Å²) in [7, 11) is -8.65. The van der Waals surface area contributed by atoms with Crippen LogP contribution in [0.1, 0.15) is 27.3 Å². The first-order chi connectivity index (χ1) is 22.1. The number of aliphatic hydroxyl groups is 1. The minimum Gasteiger partial charge on any atom is -0.459 e. The third kappa shape index (κ3) is 9.12. The number of amides is 4. The van der Waals surface area contributed by atoms with E-state index in [2.05, 4.69) is 52.5 Å². The standard InChI is InChI=1S/C26H24Br2N6O9S4/c1-14-5-3-7-16(11-14)46(39,40)33-23(37)31-25-30-19(21(28)45-25)22(36)43-10-9-34(47(41,42)17-8-4-6-15(2)12-17)26(38)32-24-29-18(13-35)20(27)44-24/h3-8,11-12,35H,9-10,13H2,1-2H3,(H,29,32,38)(H2,30,31,33,37). The average Bonchev–Trinajstić information content (AvgIpc) is 3.54. The van der Waals surface area contributed by atoms with Gasteiger partial charge in [-0.2, -0.15) is 0 Å². The lowest BCUT2D eigenvalue weighted by Crippen LogP contribution is -2.42. The highest BCUT2D eigenvalue weighted by Crippen LogP contribution is 2.30. The van der Waals surface area contributed by atoms with Crippen LogP contribution in [0.15, 0.2) is 65.9 Å². The molecule has 4 aromatic rings. The number of aromatic nitrogens is 2. The highest BCUT2D eigenvalue weighted by atomic mass is 79.9. The van der Waals surface area contributed by atoms with Gasteiger partial charge in [-0.1, -0.05) is 46.9 Å². The molecule has 0 unspecified atom stereocenters. The van der Waals surface area contributed by atoms with Crippen LogP contribution in [0.25, 0.3) is 0 Å². The van der Waals surface area contributed by atoms with Crippen LogP contribution in [0, 0.1) is 13.8 Å². The first kappa shape index (κ1) is 36.4. The van der Waals surface area contributed by atoms with Gasteiger partial charge in [0.25, 0.3) is 20.0 Å². The number of aliphatic hydroxyl groups excluding tert-OH is 1. The summed E-state index contributed by atoms with van der Waals surface area (Å²) in [6.45, 7) is 1.74. The summed E-state index contributed by atoms with van der Waals surface area (Å²) in [6, 6.07) is 9.55. The molecular weight excluding hydrogens is 828 g/mol. The van der Waals surface area contributed by atoms with Gasteiger partial charge in [0.05, 0.1) is 32.4 Å². The van der Waals surface area contributed by atoms with Crippen molar-refractivity contribution in [2.45, 2.75) is 30.2 Å². The number of rotatable bonds is 11. The first-order valence-corrected chi connectivity index (χ1v) is 19.2. The number of nitrogens with one attached hydrogen (secondary N) is 3. The number of hydrogen-bond acceptors (Lipinski definition) is 13. The molecule has 2 aromatic carbocycles. The number of ether oxygens (including phenoxy) is 1. The normalized spacial score (nSPS) is 11.5. The molecule has 0 aliphatic heterocycles. The molecule has 0 saturated heterocycles. The van der Waals surface area contributed by atoms with Crippen molar-refractivity contribution < 1.29 is 41.1 Å². The van der Waals surface area contributed by atoms with Crippen LogP contribution in [0.4, 0.5) is 19.9 Å². The van der Waals surface area contributed by atoms with Crippen LogP contribution in [-0.4, -0.2) is 67.4 Å². The molecule has 4 N–H and O–H groups in total. The Morgan fingerprint density at radius 3 is 2.11 bits per heavy atom. The van der Waals surface area contributed by atoms with Gasteiger partial charge in [0, 0.05) is 0 Å².